The molecule has 0 saturated heterocycles. The minimum absolute atomic E-state index is 0. The lowest BCUT2D eigenvalue weighted by atomic mass is 9.90. The second-order valence-corrected chi connectivity index (χ2v) is 7.07. The molecule has 1 aromatic heterocycles. The topological polar surface area (TPSA) is 55.1 Å². The van der Waals surface area contributed by atoms with E-state index in [4.69, 9.17) is 17.3 Å². The van der Waals surface area contributed by atoms with E-state index in [0.29, 0.717) is 18.9 Å². The molecular formula is C14H24Cl2N2OS. The first-order chi connectivity index (χ1) is 8.84. The van der Waals surface area contributed by atoms with Crippen LogP contribution in [0.2, 0.25) is 5.02 Å². The summed E-state index contributed by atoms with van der Waals surface area (Å²) < 4.78 is 0. The van der Waals surface area contributed by atoms with Crippen molar-refractivity contribution in [1.29, 1.82) is 0 Å². The smallest absolute Gasteiger partial charge is 0.220 e. The van der Waals surface area contributed by atoms with Gasteiger partial charge in [-0.25, -0.2) is 0 Å². The van der Waals surface area contributed by atoms with Crippen molar-refractivity contribution >= 4 is 41.3 Å². The zero-order valence-corrected chi connectivity index (χ0v) is 14.6. The predicted octanol–water partition coefficient (Wildman–Crippen LogP) is 3.64. The van der Waals surface area contributed by atoms with Gasteiger partial charge in [-0.3, -0.25) is 4.79 Å². The van der Waals surface area contributed by atoms with Crippen molar-refractivity contribution in [2.75, 3.05) is 6.54 Å². The Labute approximate surface area is 136 Å². The third-order valence-electron chi connectivity index (χ3n) is 2.97. The Morgan fingerprint density at radius 2 is 2.20 bits per heavy atom. The first-order valence-corrected chi connectivity index (χ1v) is 7.84. The molecule has 1 amide bonds. The summed E-state index contributed by atoms with van der Waals surface area (Å²) >= 11 is 7.44. The fourth-order valence-electron chi connectivity index (χ4n) is 2.21. The van der Waals surface area contributed by atoms with Gasteiger partial charge in [0, 0.05) is 28.8 Å². The molecule has 20 heavy (non-hydrogen) atoms. The van der Waals surface area contributed by atoms with Gasteiger partial charge in [-0.05, 0) is 31.7 Å². The number of hydrogen-bond donors (Lipinski definition) is 2. The first-order valence-electron chi connectivity index (χ1n) is 6.58. The van der Waals surface area contributed by atoms with Gasteiger partial charge >= 0.3 is 0 Å². The van der Waals surface area contributed by atoms with Gasteiger partial charge in [0.25, 0.3) is 0 Å². The van der Waals surface area contributed by atoms with Crippen molar-refractivity contribution in [3.8, 4) is 0 Å². The molecule has 0 aliphatic rings. The Balaban J connectivity index is 0.00000361. The first kappa shape index (κ1) is 19.7. The summed E-state index contributed by atoms with van der Waals surface area (Å²) in [5, 5.41) is 5.69. The Morgan fingerprint density at radius 1 is 1.55 bits per heavy atom. The predicted molar refractivity (Wildman–Crippen MR) is 90.0 cm³/mol. The zero-order valence-electron chi connectivity index (χ0n) is 12.2. The molecule has 1 heterocycles. The second-order valence-electron chi connectivity index (χ2n) is 5.64. The fraction of sp³-hybridized carbons (Fsp3) is 0.643. The number of carbonyl (C=O) groups excluding carboxylic acids is 1. The molecule has 0 saturated carbocycles. The number of thiophene rings is 1. The van der Waals surface area contributed by atoms with Gasteiger partial charge in [-0.2, -0.15) is 0 Å². The van der Waals surface area contributed by atoms with Crippen molar-refractivity contribution in [3.63, 3.8) is 0 Å². The van der Waals surface area contributed by atoms with Crippen molar-refractivity contribution in [3.05, 3.63) is 21.3 Å². The summed E-state index contributed by atoms with van der Waals surface area (Å²) in [6, 6.07) is 1.91. The molecule has 0 aromatic carbocycles. The minimum atomic E-state index is -0.307. The highest BCUT2D eigenvalue weighted by molar-refractivity contribution is 7.10. The van der Waals surface area contributed by atoms with Gasteiger partial charge in [0.2, 0.25) is 5.91 Å². The number of halogens is 2. The van der Waals surface area contributed by atoms with E-state index in [1.807, 2.05) is 18.4 Å². The van der Waals surface area contributed by atoms with E-state index < -0.39 is 0 Å². The lowest BCUT2D eigenvalue weighted by Crippen LogP contribution is -2.52. The van der Waals surface area contributed by atoms with Gasteiger partial charge in [0.15, 0.2) is 0 Å². The van der Waals surface area contributed by atoms with Gasteiger partial charge in [-0.15, -0.1) is 23.7 Å². The maximum absolute atomic E-state index is 12.0. The summed E-state index contributed by atoms with van der Waals surface area (Å²) in [5.74, 6) is 0.558. The lowest BCUT2D eigenvalue weighted by molar-refractivity contribution is -0.122. The summed E-state index contributed by atoms with van der Waals surface area (Å²) in [7, 11) is 0. The molecule has 0 radical (unpaired) electrons. The van der Waals surface area contributed by atoms with Crippen molar-refractivity contribution < 1.29 is 4.79 Å². The van der Waals surface area contributed by atoms with Crippen molar-refractivity contribution in [2.45, 2.75) is 45.6 Å². The van der Waals surface area contributed by atoms with Gasteiger partial charge in [-0.1, -0.05) is 25.4 Å². The van der Waals surface area contributed by atoms with E-state index in [0.717, 1.165) is 22.7 Å². The Kier molecular flexibility index (Phi) is 8.75. The molecule has 1 aromatic rings. The summed E-state index contributed by atoms with van der Waals surface area (Å²) in [6.45, 7) is 6.73. The summed E-state index contributed by atoms with van der Waals surface area (Å²) in [4.78, 5) is 13.1. The van der Waals surface area contributed by atoms with Crippen LogP contribution < -0.4 is 11.1 Å². The van der Waals surface area contributed by atoms with Crippen molar-refractivity contribution in [1.82, 2.24) is 5.32 Å². The molecule has 0 aliphatic heterocycles. The third kappa shape index (κ3) is 6.93. The molecule has 3 N–H and O–H groups in total. The van der Waals surface area contributed by atoms with Crippen LogP contribution in [0.25, 0.3) is 0 Å². The fourth-order valence-corrected chi connectivity index (χ4v) is 3.28. The molecule has 3 nitrogen and oxygen atoms in total. The highest BCUT2D eigenvalue weighted by Gasteiger charge is 2.25. The second kappa shape index (κ2) is 8.88. The van der Waals surface area contributed by atoms with E-state index in [-0.39, 0.29) is 23.9 Å². The van der Waals surface area contributed by atoms with E-state index in [2.05, 4.69) is 19.2 Å². The number of carbonyl (C=O) groups is 1. The van der Waals surface area contributed by atoms with Gasteiger partial charge < -0.3 is 11.1 Å². The molecule has 1 atom stereocenters. The number of hydrogen-bond acceptors (Lipinski definition) is 3. The van der Waals surface area contributed by atoms with Crippen LogP contribution in [-0.4, -0.2) is 18.0 Å². The molecule has 0 spiro atoms. The number of amides is 1. The molecule has 6 heteroatoms. The summed E-state index contributed by atoms with van der Waals surface area (Å²) in [6.07, 6.45) is 2.09. The van der Waals surface area contributed by atoms with Crippen LogP contribution in [0.4, 0.5) is 0 Å². The molecular weight excluding hydrogens is 315 g/mol. The Morgan fingerprint density at radius 3 is 2.65 bits per heavy atom. The average molecular weight is 339 g/mol. The lowest BCUT2D eigenvalue weighted by Gasteiger charge is -2.31. The zero-order chi connectivity index (χ0) is 14.5. The van der Waals surface area contributed by atoms with Gasteiger partial charge in [0.1, 0.15) is 0 Å². The van der Waals surface area contributed by atoms with E-state index in [9.17, 15) is 4.79 Å². The normalized spacial score (nSPS) is 13.7. The average Bonchev–Trinajstić information content (AvgIpc) is 2.71. The maximum atomic E-state index is 12.0. The Bertz CT molecular complexity index is 423. The molecule has 0 bridgehead atoms. The third-order valence-corrected chi connectivity index (χ3v) is 4.31. The monoisotopic (exact) mass is 338 g/mol. The molecule has 0 aliphatic carbocycles. The van der Waals surface area contributed by atoms with Gasteiger partial charge in [0.05, 0.1) is 5.02 Å². The van der Waals surface area contributed by atoms with E-state index >= 15 is 0 Å². The van der Waals surface area contributed by atoms with E-state index in [1.54, 1.807) is 11.3 Å². The van der Waals surface area contributed by atoms with Crippen LogP contribution >= 0.6 is 35.3 Å². The molecule has 1 unspecified atom stereocenters. The van der Waals surface area contributed by atoms with Crippen LogP contribution in [0.3, 0.4) is 0 Å². The van der Waals surface area contributed by atoms with E-state index in [1.165, 1.54) is 0 Å². The largest absolute Gasteiger partial charge is 0.350 e. The van der Waals surface area contributed by atoms with Crippen LogP contribution in [0.15, 0.2) is 11.4 Å². The molecule has 0 fully saturated rings. The quantitative estimate of drug-likeness (QED) is 0.797. The number of aryl methyl sites for hydroxylation is 1. The highest BCUT2D eigenvalue weighted by atomic mass is 35.5. The maximum Gasteiger partial charge on any atom is 0.220 e. The van der Waals surface area contributed by atoms with Crippen LogP contribution in [0.1, 0.15) is 38.5 Å². The minimum Gasteiger partial charge on any atom is -0.350 e. The van der Waals surface area contributed by atoms with Crippen molar-refractivity contribution in [2.24, 2.45) is 11.7 Å². The van der Waals surface area contributed by atoms with Crippen LogP contribution in [0.5, 0.6) is 0 Å². The standard InChI is InChI=1S/C14H23ClN2OS.ClH/c1-10(2)7-14(3,9-16)17-13(18)5-4-12-6-11(15)8-19-12;/h6,8,10H,4-5,7,9,16H2,1-3H3,(H,17,18);1H. The number of nitrogens with two attached hydrogens (primary N) is 1. The number of nitrogens with one attached hydrogen (secondary N) is 1. The number of rotatable bonds is 7. The molecule has 1 rings (SSSR count). The summed E-state index contributed by atoms with van der Waals surface area (Å²) in [5.41, 5.74) is 5.48. The Hall–Kier alpha value is -0.290. The van der Waals surface area contributed by atoms with Crippen LogP contribution in [0, 0.1) is 5.92 Å². The SMILES string of the molecule is CC(C)CC(C)(CN)NC(=O)CCc1cc(Cl)cs1.Cl. The highest BCUT2D eigenvalue weighted by Crippen LogP contribution is 2.21. The molecule has 116 valence electrons. The van der Waals surface area contributed by atoms with Crippen LogP contribution in [-0.2, 0) is 11.2 Å².